The van der Waals surface area contributed by atoms with Crippen LogP contribution in [0.4, 0.5) is 0 Å². The van der Waals surface area contributed by atoms with Crippen molar-refractivity contribution in [3.05, 3.63) is 10.6 Å². The molecule has 0 fully saturated rings. The van der Waals surface area contributed by atoms with Crippen molar-refractivity contribution in [3.8, 4) is 0 Å². The van der Waals surface area contributed by atoms with E-state index in [4.69, 9.17) is 28.3 Å². The second-order valence-corrected chi connectivity index (χ2v) is 1.39. The summed E-state index contributed by atoms with van der Waals surface area (Å²) in [5, 5.41) is 7.52. The van der Waals surface area contributed by atoms with Gasteiger partial charge in [0.05, 0.1) is 0 Å². The molecule has 0 aliphatic carbocycles. The summed E-state index contributed by atoms with van der Waals surface area (Å²) >= 11 is 9.80. The largest absolute Gasteiger partial charge is 0.477 e. The van der Waals surface area contributed by atoms with Crippen molar-refractivity contribution in [1.82, 2.24) is 0 Å². The predicted octanol–water partition coefficient (Wildman–Crippen LogP) is 1.01. The van der Waals surface area contributed by atoms with E-state index in [2.05, 4.69) is 0 Å². The Bertz CT molecular complexity index is 112. The molecular formula is C3H2Cl2InO2. The summed E-state index contributed by atoms with van der Waals surface area (Å²) in [6.45, 7) is 0. The predicted molar refractivity (Wildman–Crippen MR) is 33.2 cm³/mol. The molecule has 0 aliphatic heterocycles. The molecule has 0 rings (SSSR count). The minimum Gasteiger partial charge on any atom is -0.477 e. The average Bonchev–Trinajstić information content (AvgIpc) is 1.65. The smallest absolute Gasteiger partial charge is 0.348 e. The van der Waals surface area contributed by atoms with Gasteiger partial charge in [0, 0.05) is 31.4 Å². The first-order valence-electron chi connectivity index (χ1n) is 1.37. The molecule has 5 heteroatoms. The maximum absolute atomic E-state index is 9.65. The molecule has 0 aromatic rings. The number of aliphatic carboxylic acids is 1. The van der Waals surface area contributed by atoms with Gasteiger partial charge in [-0.3, -0.25) is 0 Å². The molecule has 1 N–H and O–H groups in total. The zero-order chi connectivity index (χ0) is 5.86. The molecule has 2 nitrogen and oxygen atoms in total. The van der Waals surface area contributed by atoms with Gasteiger partial charge in [0.2, 0.25) is 0 Å². The van der Waals surface area contributed by atoms with Crippen molar-refractivity contribution < 1.29 is 9.90 Å². The maximum atomic E-state index is 9.65. The summed E-state index contributed by atoms with van der Waals surface area (Å²) < 4.78 is 0. The fourth-order valence-corrected chi connectivity index (χ4v) is 0.140. The van der Waals surface area contributed by atoms with Crippen LogP contribution in [-0.2, 0) is 4.79 Å². The number of hydrogen-bond donors (Lipinski definition) is 1. The van der Waals surface area contributed by atoms with Gasteiger partial charge in [0.15, 0.2) is 0 Å². The maximum Gasteiger partial charge on any atom is 0.348 e. The molecule has 0 saturated heterocycles. The van der Waals surface area contributed by atoms with Gasteiger partial charge in [-0.2, -0.15) is 0 Å². The zero-order valence-electron chi connectivity index (χ0n) is 3.77. The standard InChI is InChI=1S/C3H2Cl2O2.In/c4-1-2(5)3(6)7;/h1H,(H,6,7);. The molecule has 0 bridgehead atoms. The fourth-order valence-electron chi connectivity index (χ4n) is 0.0467. The molecular weight excluding hydrogens is 254 g/mol. The summed E-state index contributed by atoms with van der Waals surface area (Å²) in [6, 6.07) is 0. The zero-order valence-corrected chi connectivity index (χ0v) is 8.57. The van der Waals surface area contributed by atoms with E-state index in [1.54, 1.807) is 0 Å². The Morgan fingerprint density at radius 3 is 2.00 bits per heavy atom. The molecule has 0 unspecified atom stereocenters. The summed E-state index contributed by atoms with van der Waals surface area (Å²) in [6.07, 6.45) is 0. The first kappa shape index (κ1) is 11.5. The van der Waals surface area contributed by atoms with Crippen LogP contribution in [0.2, 0.25) is 0 Å². The van der Waals surface area contributed by atoms with E-state index in [-0.39, 0.29) is 30.9 Å². The van der Waals surface area contributed by atoms with Gasteiger partial charge in [-0.15, -0.1) is 0 Å². The number of halogens is 2. The fraction of sp³-hybridized carbons (Fsp3) is 0. The molecule has 0 amide bonds. The second-order valence-electron chi connectivity index (χ2n) is 0.762. The number of carbonyl (C=O) groups is 1. The molecule has 0 saturated carbocycles. The Morgan fingerprint density at radius 2 is 2.00 bits per heavy atom. The molecule has 0 aromatic carbocycles. The minimum atomic E-state index is -1.21. The second kappa shape index (κ2) is 5.79. The van der Waals surface area contributed by atoms with Crippen molar-refractivity contribution in [3.63, 3.8) is 0 Å². The molecule has 0 aliphatic rings. The quantitative estimate of drug-likeness (QED) is 0.710. The van der Waals surface area contributed by atoms with Crippen LogP contribution in [0.3, 0.4) is 0 Å². The summed E-state index contributed by atoms with van der Waals surface area (Å²) in [7, 11) is 0. The molecule has 43 valence electrons. The van der Waals surface area contributed by atoms with Crippen LogP contribution in [0.1, 0.15) is 0 Å². The van der Waals surface area contributed by atoms with Crippen LogP contribution in [0.25, 0.3) is 0 Å². The first-order valence-corrected chi connectivity index (χ1v) is 2.19. The number of hydrogen-bond acceptors (Lipinski definition) is 1. The summed E-state index contributed by atoms with van der Waals surface area (Å²) in [4.78, 5) is 9.65. The molecule has 0 spiro atoms. The Labute approximate surface area is 75.2 Å². The van der Waals surface area contributed by atoms with Crippen LogP contribution < -0.4 is 0 Å². The van der Waals surface area contributed by atoms with Crippen LogP contribution in [0.15, 0.2) is 10.6 Å². The third-order valence-corrected chi connectivity index (χ3v) is 0.901. The van der Waals surface area contributed by atoms with E-state index in [1.807, 2.05) is 0 Å². The Balaban J connectivity index is 0. The number of carboxylic acid groups (broad SMARTS) is 1. The number of carboxylic acids is 1. The molecule has 8 heavy (non-hydrogen) atoms. The SMILES string of the molecule is O=C(O)C(Cl)=CCl.[In]. The monoisotopic (exact) mass is 255 g/mol. The van der Waals surface area contributed by atoms with Gasteiger partial charge < -0.3 is 5.11 Å². The molecule has 0 aromatic heterocycles. The minimum absolute atomic E-state index is 0. The van der Waals surface area contributed by atoms with E-state index < -0.39 is 5.97 Å². The van der Waals surface area contributed by atoms with Crippen molar-refractivity contribution in [2.75, 3.05) is 0 Å². The van der Waals surface area contributed by atoms with E-state index >= 15 is 0 Å². The van der Waals surface area contributed by atoms with Crippen LogP contribution in [0, 0.1) is 0 Å². The Morgan fingerprint density at radius 1 is 1.62 bits per heavy atom. The summed E-state index contributed by atoms with van der Waals surface area (Å²) in [5.41, 5.74) is 0.796. The normalized spacial score (nSPS) is 10.0. The van der Waals surface area contributed by atoms with Gasteiger partial charge in [-0.25, -0.2) is 4.79 Å². The van der Waals surface area contributed by atoms with E-state index in [0.29, 0.717) is 0 Å². The Hall–Kier alpha value is 0.660. The van der Waals surface area contributed by atoms with Crippen molar-refractivity contribution in [2.24, 2.45) is 0 Å². The molecule has 0 atom stereocenters. The topological polar surface area (TPSA) is 37.3 Å². The van der Waals surface area contributed by atoms with Crippen molar-refractivity contribution in [1.29, 1.82) is 0 Å². The average molecular weight is 256 g/mol. The van der Waals surface area contributed by atoms with Crippen LogP contribution in [0.5, 0.6) is 0 Å². The third kappa shape index (κ3) is 4.81. The molecule has 0 heterocycles. The van der Waals surface area contributed by atoms with Crippen LogP contribution >= 0.6 is 23.2 Å². The van der Waals surface area contributed by atoms with Gasteiger partial charge in [0.25, 0.3) is 0 Å². The van der Waals surface area contributed by atoms with E-state index in [9.17, 15) is 4.79 Å². The van der Waals surface area contributed by atoms with E-state index in [0.717, 1.165) is 5.54 Å². The third-order valence-electron chi connectivity index (χ3n) is 0.300. The van der Waals surface area contributed by atoms with Gasteiger partial charge in [0.1, 0.15) is 5.03 Å². The molecule has 3 radical (unpaired) electrons. The van der Waals surface area contributed by atoms with Crippen molar-refractivity contribution >= 4 is 55.0 Å². The number of rotatable bonds is 1. The first-order chi connectivity index (χ1) is 3.18. The van der Waals surface area contributed by atoms with Gasteiger partial charge in [-0.1, -0.05) is 23.2 Å². The van der Waals surface area contributed by atoms with E-state index in [1.165, 1.54) is 0 Å². The van der Waals surface area contributed by atoms with Gasteiger partial charge >= 0.3 is 5.97 Å². The van der Waals surface area contributed by atoms with Gasteiger partial charge in [-0.05, 0) is 0 Å². The van der Waals surface area contributed by atoms with Crippen LogP contribution in [-0.4, -0.2) is 36.9 Å². The summed E-state index contributed by atoms with van der Waals surface area (Å²) in [5.74, 6) is -1.21. The van der Waals surface area contributed by atoms with Crippen molar-refractivity contribution in [2.45, 2.75) is 0 Å². The Kier molecular flexibility index (Phi) is 8.29.